The van der Waals surface area contributed by atoms with Crippen molar-refractivity contribution in [1.29, 1.82) is 0 Å². The number of thiophene rings is 1. The summed E-state index contributed by atoms with van der Waals surface area (Å²) in [5, 5.41) is 4.70. The summed E-state index contributed by atoms with van der Waals surface area (Å²) < 4.78 is 27.9. The van der Waals surface area contributed by atoms with Crippen molar-refractivity contribution in [2.45, 2.75) is 36.6 Å². The van der Waals surface area contributed by atoms with Crippen LogP contribution in [0.1, 0.15) is 35.4 Å². The summed E-state index contributed by atoms with van der Waals surface area (Å²) in [6, 6.07) is 11.7. The lowest BCUT2D eigenvalue weighted by molar-refractivity contribution is 0.0939. The third-order valence-corrected chi connectivity index (χ3v) is 8.49. The fraction of sp³-hybridized carbons (Fsp3) is 0.450. The van der Waals surface area contributed by atoms with Crippen molar-refractivity contribution in [2.24, 2.45) is 0 Å². The summed E-state index contributed by atoms with van der Waals surface area (Å²) >= 11 is 1.20. The van der Waals surface area contributed by atoms with Gasteiger partial charge in [0.2, 0.25) is 10.0 Å². The van der Waals surface area contributed by atoms with E-state index >= 15 is 0 Å². The molecule has 0 radical (unpaired) electrons. The summed E-state index contributed by atoms with van der Waals surface area (Å²) in [5.74, 6) is -0.261. The van der Waals surface area contributed by atoms with Crippen LogP contribution in [0.2, 0.25) is 0 Å². The number of para-hydroxylation sites is 1. The van der Waals surface area contributed by atoms with Crippen LogP contribution in [0, 0.1) is 0 Å². The number of sulfonamides is 1. The Morgan fingerprint density at radius 1 is 1.00 bits per heavy atom. The Hall–Kier alpha value is -1.90. The van der Waals surface area contributed by atoms with E-state index in [1.807, 2.05) is 30.3 Å². The number of nitrogens with zero attached hydrogens (tertiary/aromatic N) is 2. The van der Waals surface area contributed by atoms with Crippen molar-refractivity contribution in [3.63, 3.8) is 0 Å². The third-order valence-electron chi connectivity index (χ3n) is 5.50. The number of hydrogen-bond donors (Lipinski definition) is 1. The monoisotopic (exact) mass is 419 g/mol. The zero-order valence-electron chi connectivity index (χ0n) is 15.7. The Morgan fingerprint density at radius 2 is 1.68 bits per heavy atom. The highest BCUT2D eigenvalue weighted by Crippen LogP contribution is 2.28. The number of carbonyl (C=O) groups excluding carboxylic acids is 1. The second-order valence-corrected chi connectivity index (χ2v) is 10.1. The molecule has 1 amide bonds. The molecule has 1 N–H and O–H groups in total. The molecule has 2 aromatic rings. The summed E-state index contributed by atoms with van der Waals surface area (Å²) in [4.78, 5) is 15.3. The maximum absolute atomic E-state index is 13.2. The van der Waals surface area contributed by atoms with Gasteiger partial charge in [0.15, 0.2) is 0 Å². The first-order valence-corrected chi connectivity index (χ1v) is 12.1. The molecule has 1 aromatic carbocycles. The van der Waals surface area contributed by atoms with E-state index in [4.69, 9.17) is 0 Å². The average Bonchev–Trinajstić information content (AvgIpc) is 3.41. The molecule has 0 spiro atoms. The zero-order valence-corrected chi connectivity index (χ0v) is 17.3. The molecule has 1 saturated carbocycles. The standard InChI is InChI=1S/C20H25N3O3S2/c24-20(21-16-6-4-5-7-16)19-18(10-15-27-19)28(25,26)23-13-11-22(12-14-23)17-8-2-1-3-9-17/h1-3,8-10,15-16H,4-7,11-14H2,(H,21,24). The lowest BCUT2D eigenvalue weighted by atomic mass is 10.2. The molecule has 8 heteroatoms. The van der Waals surface area contributed by atoms with Gasteiger partial charge in [-0.25, -0.2) is 8.42 Å². The van der Waals surface area contributed by atoms with Gasteiger partial charge in [-0.1, -0.05) is 31.0 Å². The quantitative estimate of drug-likeness (QED) is 0.809. The highest BCUT2D eigenvalue weighted by Gasteiger charge is 2.33. The highest BCUT2D eigenvalue weighted by atomic mass is 32.2. The van der Waals surface area contributed by atoms with E-state index in [0.717, 1.165) is 31.4 Å². The van der Waals surface area contributed by atoms with Crippen molar-refractivity contribution < 1.29 is 13.2 Å². The topological polar surface area (TPSA) is 69.7 Å². The molecule has 1 aromatic heterocycles. The van der Waals surface area contributed by atoms with E-state index in [1.54, 1.807) is 11.4 Å². The summed E-state index contributed by atoms with van der Waals surface area (Å²) in [6.45, 7) is 2.10. The van der Waals surface area contributed by atoms with Gasteiger partial charge in [0.05, 0.1) is 0 Å². The van der Waals surface area contributed by atoms with Crippen molar-refractivity contribution in [1.82, 2.24) is 9.62 Å². The van der Waals surface area contributed by atoms with Gasteiger partial charge in [-0.15, -0.1) is 11.3 Å². The largest absolute Gasteiger partial charge is 0.369 e. The fourth-order valence-corrected chi connectivity index (χ4v) is 6.68. The molecule has 28 heavy (non-hydrogen) atoms. The molecule has 2 heterocycles. The predicted molar refractivity (Wildman–Crippen MR) is 111 cm³/mol. The number of anilines is 1. The third kappa shape index (κ3) is 3.94. The first-order valence-electron chi connectivity index (χ1n) is 9.74. The molecule has 6 nitrogen and oxygen atoms in total. The van der Waals surface area contributed by atoms with Crippen LogP contribution in [-0.4, -0.2) is 50.9 Å². The normalized spacial score (nSPS) is 19.1. The van der Waals surface area contributed by atoms with Gasteiger partial charge in [0.25, 0.3) is 5.91 Å². The summed E-state index contributed by atoms with van der Waals surface area (Å²) in [5.41, 5.74) is 1.10. The van der Waals surface area contributed by atoms with Gasteiger partial charge in [0, 0.05) is 37.9 Å². The Labute approximate surface area is 170 Å². The first-order chi connectivity index (χ1) is 13.6. The number of benzene rings is 1. The summed E-state index contributed by atoms with van der Waals surface area (Å²) in [6.07, 6.45) is 4.18. The lowest BCUT2D eigenvalue weighted by Crippen LogP contribution is -2.48. The van der Waals surface area contributed by atoms with Gasteiger partial charge in [-0.05, 0) is 36.4 Å². The molecule has 2 fully saturated rings. The Bertz CT molecular complexity index is 913. The van der Waals surface area contributed by atoms with Gasteiger partial charge in [-0.2, -0.15) is 4.31 Å². The number of amides is 1. The molecule has 1 aliphatic carbocycles. The van der Waals surface area contributed by atoms with Crippen LogP contribution in [0.3, 0.4) is 0 Å². The Morgan fingerprint density at radius 3 is 2.36 bits per heavy atom. The average molecular weight is 420 g/mol. The Kier molecular flexibility index (Phi) is 5.70. The van der Waals surface area contributed by atoms with Crippen LogP contribution < -0.4 is 10.2 Å². The first kappa shape index (κ1) is 19.4. The highest BCUT2D eigenvalue weighted by molar-refractivity contribution is 7.89. The second-order valence-electron chi connectivity index (χ2n) is 7.30. The number of piperazine rings is 1. The molecule has 1 aliphatic heterocycles. The molecular weight excluding hydrogens is 394 g/mol. The van der Waals surface area contributed by atoms with E-state index in [-0.39, 0.29) is 16.8 Å². The summed E-state index contributed by atoms with van der Waals surface area (Å²) in [7, 11) is -3.68. The molecule has 1 saturated heterocycles. The minimum Gasteiger partial charge on any atom is -0.369 e. The number of carbonyl (C=O) groups is 1. The van der Waals surface area contributed by atoms with Crippen LogP contribution in [0.4, 0.5) is 5.69 Å². The van der Waals surface area contributed by atoms with E-state index < -0.39 is 10.0 Å². The number of rotatable bonds is 5. The van der Waals surface area contributed by atoms with Crippen molar-refractivity contribution in [2.75, 3.05) is 31.1 Å². The van der Waals surface area contributed by atoms with Gasteiger partial charge >= 0.3 is 0 Å². The van der Waals surface area contributed by atoms with E-state index in [0.29, 0.717) is 31.1 Å². The van der Waals surface area contributed by atoms with E-state index in [9.17, 15) is 13.2 Å². The maximum atomic E-state index is 13.2. The second kappa shape index (κ2) is 8.23. The molecule has 0 unspecified atom stereocenters. The smallest absolute Gasteiger partial charge is 0.262 e. The fourth-order valence-electron chi connectivity index (χ4n) is 3.95. The molecule has 150 valence electrons. The molecular formula is C20H25N3O3S2. The minimum atomic E-state index is -3.68. The minimum absolute atomic E-state index is 0.140. The molecule has 0 bridgehead atoms. The van der Waals surface area contributed by atoms with E-state index in [1.165, 1.54) is 15.6 Å². The molecule has 4 rings (SSSR count). The van der Waals surface area contributed by atoms with Crippen molar-refractivity contribution in [3.05, 3.63) is 46.7 Å². The SMILES string of the molecule is O=C(NC1CCCC1)c1sccc1S(=O)(=O)N1CCN(c2ccccc2)CC1. The molecule has 0 atom stereocenters. The maximum Gasteiger partial charge on any atom is 0.262 e. The van der Waals surface area contributed by atoms with Crippen LogP contribution in [0.25, 0.3) is 0 Å². The van der Waals surface area contributed by atoms with Crippen LogP contribution in [0.5, 0.6) is 0 Å². The van der Waals surface area contributed by atoms with Gasteiger partial charge < -0.3 is 10.2 Å². The van der Waals surface area contributed by atoms with Crippen LogP contribution in [-0.2, 0) is 10.0 Å². The van der Waals surface area contributed by atoms with Crippen LogP contribution >= 0.6 is 11.3 Å². The zero-order chi connectivity index (χ0) is 19.6. The predicted octanol–water partition coefficient (Wildman–Crippen LogP) is 2.93. The van der Waals surface area contributed by atoms with E-state index in [2.05, 4.69) is 10.2 Å². The number of hydrogen-bond acceptors (Lipinski definition) is 5. The molecule has 2 aliphatic rings. The number of nitrogens with one attached hydrogen (secondary N) is 1. The van der Waals surface area contributed by atoms with Gasteiger partial charge in [-0.3, -0.25) is 4.79 Å². The van der Waals surface area contributed by atoms with Crippen molar-refractivity contribution >= 4 is 33.0 Å². The Balaban J connectivity index is 1.46. The van der Waals surface area contributed by atoms with Crippen molar-refractivity contribution in [3.8, 4) is 0 Å². The van der Waals surface area contributed by atoms with Gasteiger partial charge in [0.1, 0.15) is 9.77 Å². The van der Waals surface area contributed by atoms with Crippen LogP contribution in [0.15, 0.2) is 46.7 Å². The lowest BCUT2D eigenvalue weighted by Gasteiger charge is -2.35.